The van der Waals surface area contributed by atoms with Gasteiger partial charge < -0.3 is 9.88 Å². The molecule has 1 saturated carbocycles. The minimum Gasteiger partial charge on any atom is -0.328 e. The second-order valence-electron chi connectivity index (χ2n) is 5.50. The maximum atomic E-state index is 4.77. The number of para-hydroxylation sites is 2. The zero-order chi connectivity index (χ0) is 13.1. The lowest BCUT2D eigenvalue weighted by Crippen LogP contribution is -2.19. The third kappa shape index (κ3) is 2.98. The van der Waals surface area contributed by atoms with Gasteiger partial charge in [0.1, 0.15) is 5.82 Å². The van der Waals surface area contributed by atoms with Crippen molar-refractivity contribution in [3.63, 3.8) is 0 Å². The summed E-state index contributed by atoms with van der Waals surface area (Å²) in [7, 11) is 0. The molecule has 0 radical (unpaired) electrons. The van der Waals surface area contributed by atoms with Crippen LogP contribution >= 0.6 is 0 Å². The molecule has 1 fully saturated rings. The molecule has 102 valence electrons. The highest BCUT2D eigenvalue weighted by Crippen LogP contribution is 2.19. The summed E-state index contributed by atoms with van der Waals surface area (Å²) in [6, 6.07) is 9.31. The molecule has 2 aromatic rings. The van der Waals surface area contributed by atoms with Crippen molar-refractivity contribution >= 4 is 11.0 Å². The molecule has 0 saturated heterocycles. The third-order valence-corrected chi connectivity index (χ3v) is 3.78. The smallest absolute Gasteiger partial charge is 0.109 e. The highest BCUT2D eigenvalue weighted by atomic mass is 15.1. The highest BCUT2D eigenvalue weighted by molar-refractivity contribution is 5.75. The predicted octanol–water partition coefficient (Wildman–Crippen LogP) is 3.13. The molecule has 3 heteroatoms. The van der Waals surface area contributed by atoms with E-state index < -0.39 is 0 Å². The van der Waals surface area contributed by atoms with E-state index in [4.69, 9.17) is 4.98 Å². The van der Waals surface area contributed by atoms with Gasteiger partial charge in [0.2, 0.25) is 0 Å². The number of nitrogens with one attached hydrogen (secondary N) is 1. The van der Waals surface area contributed by atoms with Gasteiger partial charge in [-0.1, -0.05) is 19.1 Å². The van der Waals surface area contributed by atoms with Gasteiger partial charge in [-0.2, -0.15) is 0 Å². The molecule has 0 spiro atoms. The van der Waals surface area contributed by atoms with Crippen molar-refractivity contribution in [2.45, 2.75) is 51.6 Å². The van der Waals surface area contributed by atoms with Gasteiger partial charge in [-0.25, -0.2) is 4.98 Å². The van der Waals surface area contributed by atoms with Gasteiger partial charge in [0, 0.05) is 19.0 Å². The number of hydrogen-bond donors (Lipinski definition) is 1. The maximum Gasteiger partial charge on any atom is 0.109 e. The van der Waals surface area contributed by atoms with E-state index in [9.17, 15) is 0 Å². The van der Waals surface area contributed by atoms with Crippen LogP contribution in [-0.4, -0.2) is 22.1 Å². The fourth-order valence-corrected chi connectivity index (χ4v) is 2.62. The molecule has 3 nitrogen and oxygen atoms in total. The van der Waals surface area contributed by atoms with Crippen molar-refractivity contribution in [1.29, 1.82) is 0 Å². The molecule has 1 aromatic heterocycles. The minimum absolute atomic E-state index is 0.814. The lowest BCUT2D eigenvalue weighted by Gasteiger charge is -2.09. The number of fused-ring (bicyclic) bond motifs is 1. The summed E-state index contributed by atoms with van der Waals surface area (Å²) < 4.78 is 2.41. The van der Waals surface area contributed by atoms with E-state index in [0.717, 1.165) is 37.5 Å². The zero-order valence-electron chi connectivity index (χ0n) is 11.7. The molecular formula is C16H23N3. The molecule has 0 amide bonds. The van der Waals surface area contributed by atoms with Crippen molar-refractivity contribution in [1.82, 2.24) is 14.9 Å². The second kappa shape index (κ2) is 5.74. The first-order valence-electron chi connectivity index (χ1n) is 7.56. The van der Waals surface area contributed by atoms with E-state index in [1.807, 2.05) is 0 Å². The number of aromatic nitrogens is 2. The summed E-state index contributed by atoms with van der Waals surface area (Å²) in [6.45, 7) is 4.43. The van der Waals surface area contributed by atoms with Crippen molar-refractivity contribution in [2.75, 3.05) is 6.54 Å². The Morgan fingerprint density at radius 1 is 1.32 bits per heavy atom. The Bertz CT molecular complexity index is 540. The zero-order valence-corrected chi connectivity index (χ0v) is 11.7. The SMILES string of the molecule is CCCc1nc2ccccc2n1CCCNC1CC1. The molecule has 0 unspecified atom stereocenters. The fraction of sp³-hybridized carbons (Fsp3) is 0.562. The van der Waals surface area contributed by atoms with E-state index in [0.29, 0.717) is 0 Å². The molecule has 1 aliphatic carbocycles. The predicted molar refractivity (Wildman–Crippen MR) is 79.4 cm³/mol. The molecule has 1 aromatic carbocycles. The standard InChI is InChI=1S/C16H23N3/c1-2-6-16-18-14-7-3-4-8-15(14)19(16)12-5-11-17-13-9-10-13/h3-4,7-8,13,17H,2,5-6,9-12H2,1H3. The van der Waals surface area contributed by atoms with E-state index in [-0.39, 0.29) is 0 Å². The van der Waals surface area contributed by atoms with Crippen LogP contribution in [-0.2, 0) is 13.0 Å². The van der Waals surface area contributed by atoms with Crippen molar-refractivity contribution < 1.29 is 0 Å². The summed E-state index contributed by atoms with van der Waals surface area (Å²) in [5, 5.41) is 3.58. The Morgan fingerprint density at radius 3 is 2.95 bits per heavy atom. The normalized spacial score (nSPS) is 15.2. The first-order chi connectivity index (χ1) is 9.38. The number of hydrogen-bond acceptors (Lipinski definition) is 2. The summed E-state index contributed by atoms with van der Waals surface area (Å²) in [5.74, 6) is 1.25. The molecule has 0 bridgehead atoms. The van der Waals surface area contributed by atoms with E-state index in [2.05, 4.69) is 41.1 Å². The lowest BCUT2D eigenvalue weighted by molar-refractivity contribution is 0.570. The molecule has 0 atom stereocenters. The third-order valence-electron chi connectivity index (χ3n) is 3.78. The fourth-order valence-electron chi connectivity index (χ4n) is 2.62. The van der Waals surface area contributed by atoms with Crippen LogP contribution in [0.15, 0.2) is 24.3 Å². The maximum absolute atomic E-state index is 4.77. The van der Waals surface area contributed by atoms with Gasteiger partial charge in [-0.05, 0) is 44.4 Å². The van der Waals surface area contributed by atoms with E-state index in [1.54, 1.807) is 0 Å². The molecule has 0 aliphatic heterocycles. The Morgan fingerprint density at radius 2 is 2.16 bits per heavy atom. The topological polar surface area (TPSA) is 29.9 Å². The van der Waals surface area contributed by atoms with Crippen LogP contribution in [0.1, 0.15) is 38.4 Å². The Kier molecular flexibility index (Phi) is 3.83. The minimum atomic E-state index is 0.814. The van der Waals surface area contributed by atoms with Crippen LogP contribution in [0.3, 0.4) is 0 Å². The lowest BCUT2D eigenvalue weighted by atomic mass is 10.3. The average molecular weight is 257 g/mol. The highest BCUT2D eigenvalue weighted by Gasteiger charge is 2.19. The van der Waals surface area contributed by atoms with E-state index in [1.165, 1.54) is 30.6 Å². The van der Waals surface area contributed by atoms with E-state index >= 15 is 0 Å². The first-order valence-corrected chi connectivity index (χ1v) is 7.56. The molecular weight excluding hydrogens is 234 g/mol. The first kappa shape index (κ1) is 12.7. The number of benzene rings is 1. The van der Waals surface area contributed by atoms with Crippen LogP contribution in [0.25, 0.3) is 11.0 Å². The summed E-state index contributed by atoms with van der Waals surface area (Å²) in [4.78, 5) is 4.77. The largest absolute Gasteiger partial charge is 0.328 e. The van der Waals surface area contributed by atoms with Crippen molar-refractivity contribution in [3.05, 3.63) is 30.1 Å². The summed E-state index contributed by atoms with van der Waals surface area (Å²) >= 11 is 0. The van der Waals surface area contributed by atoms with Gasteiger partial charge in [-0.3, -0.25) is 0 Å². The van der Waals surface area contributed by atoms with Gasteiger partial charge >= 0.3 is 0 Å². The molecule has 1 aliphatic rings. The molecule has 3 rings (SSSR count). The number of aryl methyl sites for hydroxylation is 2. The second-order valence-corrected chi connectivity index (χ2v) is 5.50. The Hall–Kier alpha value is -1.35. The van der Waals surface area contributed by atoms with Crippen molar-refractivity contribution in [2.24, 2.45) is 0 Å². The van der Waals surface area contributed by atoms with Gasteiger partial charge in [0.15, 0.2) is 0 Å². The quantitative estimate of drug-likeness (QED) is 0.772. The number of rotatable bonds is 7. The average Bonchev–Trinajstić information content (AvgIpc) is 3.18. The monoisotopic (exact) mass is 257 g/mol. The Balaban J connectivity index is 1.72. The van der Waals surface area contributed by atoms with Crippen LogP contribution < -0.4 is 5.32 Å². The Labute approximate surface area is 115 Å². The van der Waals surface area contributed by atoms with Crippen LogP contribution in [0, 0.1) is 0 Å². The van der Waals surface area contributed by atoms with Crippen LogP contribution in [0.5, 0.6) is 0 Å². The van der Waals surface area contributed by atoms with Crippen LogP contribution in [0.4, 0.5) is 0 Å². The number of nitrogens with zero attached hydrogens (tertiary/aromatic N) is 2. The molecule has 19 heavy (non-hydrogen) atoms. The van der Waals surface area contributed by atoms with Crippen molar-refractivity contribution in [3.8, 4) is 0 Å². The molecule has 1 N–H and O–H groups in total. The summed E-state index contributed by atoms with van der Waals surface area (Å²) in [6.07, 6.45) is 6.16. The van der Waals surface area contributed by atoms with Crippen LogP contribution in [0.2, 0.25) is 0 Å². The number of imidazole rings is 1. The van der Waals surface area contributed by atoms with Gasteiger partial charge in [-0.15, -0.1) is 0 Å². The summed E-state index contributed by atoms with van der Waals surface area (Å²) in [5.41, 5.74) is 2.43. The van der Waals surface area contributed by atoms with Gasteiger partial charge in [0.25, 0.3) is 0 Å². The van der Waals surface area contributed by atoms with Gasteiger partial charge in [0.05, 0.1) is 11.0 Å². The molecule has 1 heterocycles.